The lowest BCUT2D eigenvalue weighted by molar-refractivity contribution is 0.0730. The predicted molar refractivity (Wildman–Crippen MR) is 107 cm³/mol. The molecule has 0 aromatic heterocycles. The number of anilines is 1. The number of nitrogens with one attached hydrogen (secondary N) is 1. The van der Waals surface area contributed by atoms with Gasteiger partial charge in [0.25, 0.3) is 5.91 Å². The van der Waals surface area contributed by atoms with E-state index in [4.69, 9.17) is 32.7 Å². The zero-order valence-electron chi connectivity index (χ0n) is 14.9. The molecule has 7 nitrogen and oxygen atoms in total. The molecule has 10 heteroatoms. The van der Waals surface area contributed by atoms with Crippen molar-refractivity contribution in [2.75, 3.05) is 38.7 Å². The van der Waals surface area contributed by atoms with Gasteiger partial charge in [0.1, 0.15) is 10.6 Å². The van der Waals surface area contributed by atoms with Crippen molar-refractivity contribution in [3.8, 4) is 5.75 Å². The third-order valence-electron chi connectivity index (χ3n) is 4.19. The fourth-order valence-electron chi connectivity index (χ4n) is 2.74. The zero-order valence-corrected chi connectivity index (χ0v) is 17.3. The van der Waals surface area contributed by atoms with Crippen molar-refractivity contribution in [2.45, 2.75) is 4.90 Å². The van der Waals surface area contributed by atoms with Gasteiger partial charge in [-0.25, -0.2) is 8.42 Å². The monoisotopic (exact) mass is 444 g/mol. The molecule has 0 spiro atoms. The van der Waals surface area contributed by atoms with E-state index in [1.807, 2.05) is 0 Å². The van der Waals surface area contributed by atoms with E-state index < -0.39 is 15.9 Å². The minimum atomic E-state index is -3.85. The quantitative estimate of drug-likeness (QED) is 0.764. The molecule has 0 radical (unpaired) electrons. The Kier molecular flexibility index (Phi) is 6.47. The summed E-state index contributed by atoms with van der Waals surface area (Å²) in [5.74, 6) is -0.0939. The highest BCUT2D eigenvalue weighted by molar-refractivity contribution is 7.89. The Balaban J connectivity index is 1.91. The molecule has 2 aromatic rings. The number of methoxy groups -OCH3 is 1. The summed E-state index contributed by atoms with van der Waals surface area (Å²) >= 11 is 12.1. The second-order valence-corrected chi connectivity index (χ2v) is 8.71. The van der Waals surface area contributed by atoms with E-state index in [-0.39, 0.29) is 28.6 Å². The van der Waals surface area contributed by atoms with Gasteiger partial charge in [-0.1, -0.05) is 23.2 Å². The Bertz CT molecular complexity index is 991. The molecule has 3 rings (SSSR count). The van der Waals surface area contributed by atoms with Crippen LogP contribution in [0, 0.1) is 0 Å². The van der Waals surface area contributed by atoms with E-state index in [0.717, 1.165) is 0 Å². The van der Waals surface area contributed by atoms with Crippen LogP contribution in [0.5, 0.6) is 5.75 Å². The first-order chi connectivity index (χ1) is 13.3. The molecule has 2 aromatic carbocycles. The van der Waals surface area contributed by atoms with Gasteiger partial charge in [0.15, 0.2) is 0 Å². The summed E-state index contributed by atoms with van der Waals surface area (Å²) in [7, 11) is -2.38. The first kappa shape index (κ1) is 20.9. The molecule has 1 fully saturated rings. The Morgan fingerprint density at radius 2 is 1.86 bits per heavy atom. The smallest absolute Gasteiger partial charge is 0.255 e. The van der Waals surface area contributed by atoms with Gasteiger partial charge in [0, 0.05) is 23.7 Å². The molecule has 1 aliphatic rings. The van der Waals surface area contributed by atoms with E-state index in [9.17, 15) is 13.2 Å². The van der Waals surface area contributed by atoms with E-state index in [0.29, 0.717) is 29.7 Å². The first-order valence-electron chi connectivity index (χ1n) is 8.35. The first-order valence-corrected chi connectivity index (χ1v) is 10.5. The number of hydrogen-bond donors (Lipinski definition) is 1. The fourth-order valence-corrected chi connectivity index (χ4v) is 4.82. The maximum atomic E-state index is 12.9. The number of carbonyl (C=O) groups excluding carboxylic acids is 1. The normalized spacial score (nSPS) is 15.2. The second-order valence-electron chi connectivity index (χ2n) is 5.96. The lowest BCUT2D eigenvalue weighted by Gasteiger charge is -2.26. The average molecular weight is 445 g/mol. The van der Waals surface area contributed by atoms with Gasteiger partial charge >= 0.3 is 0 Å². The predicted octanol–water partition coefficient (Wildman–Crippen LogP) is 3.28. The van der Waals surface area contributed by atoms with Crippen LogP contribution in [0.15, 0.2) is 41.3 Å². The molecule has 1 amide bonds. The fraction of sp³-hybridized carbons (Fsp3) is 0.278. The van der Waals surface area contributed by atoms with Crippen molar-refractivity contribution in [2.24, 2.45) is 0 Å². The Hall–Kier alpha value is -1.84. The summed E-state index contributed by atoms with van der Waals surface area (Å²) in [5, 5.41) is 3.14. The van der Waals surface area contributed by atoms with Gasteiger partial charge in [0.2, 0.25) is 10.0 Å². The average Bonchev–Trinajstić information content (AvgIpc) is 2.69. The molecule has 1 aliphatic heterocycles. The number of halogens is 2. The molecule has 0 aliphatic carbocycles. The third-order valence-corrected chi connectivity index (χ3v) is 6.81. The molecule has 1 heterocycles. The van der Waals surface area contributed by atoms with Crippen molar-refractivity contribution in [3.05, 3.63) is 52.0 Å². The summed E-state index contributed by atoms with van der Waals surface area (Å²) in [4.78, 5) is 12.6. The van der Waals surface area contributed by atoms with Crippen LogP contribution in [-0.2, 0) is 14.8 Å². The molecule has 28 heavy (non-hydrogen) atoms. The summed E-state index contributed by atoms with van der Waals surface area (Å²) in [6.07, 6.45) is 0. The van der Waals surface area contributed by atoms with Gasteiger partial charge in [-0.2, -0.15) is 4.31 Å². The van der Waals surface area contributed by atoms with Crippen LogP contribution >= 0.6 is 23.2 Å². The van der Waals surface area contributed by atoms with Crippen molar-refractivity contribution in [1.29, 1.82) is 0 Å². The third kappa shape index (κ3) is 4.42. The highest BCUT2D eigenvalue weighted by Gasteiger charge is 2.29. The van der Waals surface area contributed by atoms with Crippen LogP contribution in [0.3, 0.4) is 0 Å². The van der Waals surface area contributed by atoms with Gasteiger partial charge in [-0.3, -0.25) is 4.79 Å². The largest absolute Gasteiger partial charge is 0.495 e. The van der Waals surface area contributed by atoms with Crippen LogP contribution in [-0.4, -0.2) is 52.0 Å². The number of amides is 1. The molecular formula is C18H18Cl2N2O5S. The summed E-state index contributed by atoms with van der Waals surface area (Å²) in [5.41, 5.74) is 0.505. The van der Waals surface area contributed by atoms with E-state index in [1.54, 1.807) is 18.2 Å². The second kappa shape index (κ2) is 8.67. The minimum Gasteiger partial charge on any atom is -0.495 e. The molecule has 1 N–H and O–H groups in total. The topological polar surface area (TPSA) is 84.9 Å². The van der Waals surface area contributed by atoms with E-state index >= 15 is 0 Å². The Morgan fingerprint density at radius 3 is 2.54 bits per heavy atom. The van der Waals surface area contributed by atoms with E-state index in [1.165, 1.54) is 29.6 Å². The Labute approximate surface area is 173 Å². The molecule has 0 unspecified atom stereocenters. The van der Waals surface area contributed by atoms with E-state index in [2.05, 4.69) is 5.32 Å². The number of nitrogens with zero attached hydrogens (tertiary/aromatic N) is 1. The summed E-state index contributed by atoms with van der Waals surface area (Å²) < 4.78 is 37.5. The van der Waals surface area contributed by atoms with Crippen molar-refractivity contribution in [3.63, 3.8) is 0 Å². The molecule has 0 saturated carbocycles. The number of morpholine rings is 1. The number of rotatable bonds is 5. The SMILES string of the molecule is COc1ccc(Cl)cc1NC(=O)c1ccc(Cl)c(S(=O)(=O)N2CCOCC2)c1. The van der Waals surface area contributed by atoms with Gasteiger partial charge in [-0.15, -0.1) is 0 Å². The number of benzene rings is 2. The summed E-state index contributed by atoms with van der Waals surface area (Å²) in [6, 6.07) is 8.89. The minimum absolute atomic E-state index is 0.0448. The molecule has 0 atom stereocenters. The molecular weight excluding hydrogens is 427 g/mol. The number of ether oxygens (including phenoxy) is 2. The van der Waals surface area contributed by atoms with Gasteiger partial charge in [-0.05, 0) is 36.4 Å². The van der Waals surface area contributed by atoms with Crippen molar-refractivity contribution < 1.29 is 22.7 Å². The maximum absolute atomic E-state index is 12.9. The molecule has 0 bridgehead atoms. The number of sulfonamides is 1. The molecule has 1 saturated heterocycles. The van der Waals surface area contributed by atoms with Gasteiger partial charge in [0.05, 0.1) is 31.0 Å². The standard InChI is InChI=1S/C18H18Cl2N2O5S/c1-26-16-5-3-13(19)11-15(16)21-18(23)12-2-4-14(20)17(10-12)28(24,25)22-6-8-27-9-7-22/h2-5,10-11H,6-9H2,1H3,(H,21,23). The van der Waals surface area contributed by atoms with Crippen LogP contribution in [0.2, 0.25) is 10.0 Å². The lowest BCUT2D eigenvalue weighted by Crippen LogP contribution is -2.40. The zero-order chi connectivity index (χ0) is 20.3. The number of hydrogen-bond acceptors (Lipinski definition) is 5. The number of carbonyl (C=O) groups is 1. The van der Waals surface area contributed by atoms with Crippen LogP contribution in [0.4, 0.5) is 5.69 Å². The Morgan fingerprint density at radius 1 is 1.14 bits per heavy atom. The van der Waals surface area contributed by atoms with Gasteiger partial charge < -0.3 is 14.8 Å². The summed E-state index contributed by atoms with van der Waals surface area (Å²) in [6.45, 7) is 1.08. The van der Waals surface area contributed by atoms with Crippen LogP contribution in [0.25, 0.3) is 0 Å². The highest BCUT2D eigenvalue weighted by atomic mass is 35.5. The molecule has 150 valence electrons. The highest BCUT2D eigenvalue weighted by Crippen LogP contribution is 2.30. The maximum Gasteiger partial charge on any atom is 0.255 e. The van der Waals surface area contributed by atoms with Crippen molar-refractivity contribution >= 4 is 44.8 Å². The van der Waals surface area contributed by atoms with Crippen molar-refractivity contribution in [1.82, 2.24) is 4.31 Å². The van der Waals surface area contributed by atoms with Crippen LogP contribution in [0.1, 0.15) is 10.4 Å². The van der Waals surface area contributed by atoms with Crippen LogP contribution < -0.4 is 10.1 Å². The lowest BCUT2D eigenvalue weighted by atomic mass is 10.2.